The number of fused-ring (bicyclic) bond motifs is 1. The molecule has 0 radical (unpaired) electrons. The second-order valence-electron chi connectivity index (χ2n) is 5.79. The minimum Gasteiger partial charge on any atom is -0.465 e. The van der Waals surface area contributed by atoms with Crippen LogP contribution in [0, 0.1) is 0 Å². The van der Waals surface area contributed by atoms with Crippen LogP contribution in [0.4, 0.5) is 0 Å². The number of carbonyl (C=O) groups excluding carboxylic acids is 1. The van der Waals surface area contributed by atoms with Gasteiger partial charge in [0.1, 0.15) is 5.84 Å². The number of ether oxygens (including phenoxy) is 2. The van der Waals surface area contributed by atoms with Gasteiger partial charge in [-0.05, 0) is 12.1 Å². The molecule has 9 heteroatoms. The number of rotatable bonds is 6. The molecule has 2 heterocycles. The Labute approximate surface area is 146 Å². The summed E-state index contributed by atoms with van der Waals surface area (Å²) < 4.78 is 36.8. The molecule has 0 aromatic heterocycles. The van der Waals surface area contributed by atoms with Gasteiger partial charge in [0.2, 0.25) is 0 Å². The Morgan fingerprint density at radius 2 is 2.04 bits per heavy atom. The monoisotopic (exact) mass is 367 g/mol. The third-order valence-electron chi connectivity index (χ3n) is 3.95. The van der Waals surface area contributed by atoms with Gasteiger partial charge in [0.25, 0.3) is 10.0 Å². The lowest BCUT2D eigenvalue weighted by molar-refractivity contribution is -0.146. The SMILES string of the molecule is O=C(CN1CCOCC1)OCCCN=C1NS(=O)(=O)c2ccccc21. The van der Waals surface area contributed by atoms with Gasteiger partial charge >= 0.3 is 5.97 Å². The van der Waals surface area contributed by atoms with Gasteiger partial charge in [-0.15, -0.1) is 0 Å². The van der Waals surface area contributed by atoms with Gasteiger partial charge in [0.05, 0.1) is 31.3 Å². The molecule has 1 aromatic carbocycles. The van der Waals surface area contributed by atoms with Crippen LogP contribution in [-0.2, 0) is 24.3 Å². The van der Waals surface area contributed by atoms with Crippen molar-refractivity contribution in [3.8, 4) is 0 Å². The van der Waals surface area contributed by atoms with Crippen LogP contribution in [0.2, 0.25) is 0 Å². The lowest BCUT2D eigenvalue weighted by atomic mass is 10.2. The number of hydrogen-bond acceptors (Lipinski definition) is 7. The molecule has 0 atom stereocenters. The predicted octanol–water partition coefficient (Wildman–Crippen LogP) is -0.00940. The van der Waals surface area contributed by atoms with E-state index >= 15 is 0 Å². The predicted molar refractivity (Wildman–Crippen MR) is 91.0 cm³/mol. The number of sulfonamides is 1. The summed E-state index contributed by atoms with van der Waals surface area (Å²) in [5.74, 6) is 0.0803. The van der Waals surface area contributed by atoms with Crippen LogP contribution in [0.1, 0.15) is 12.0 Å². The van der Waals surface area contributed by atoms with Crippen molar-refractivity contribution in [3.05, 3.63) is 29.8 Å². The zero-order chi connectivity index (χ0) is 17.7. The van der Waals surface area contributed by atoms with Crippen molar-refractivity contribution in [2.24, 2.45) is 4.99 Å². The highest BCUT2D eigenvalue weighted by molar-refractivity contribution is 7.90. The average molecular weight is 367 g/mol. The van der Waals surface area contributed by atoms with Gasteiger partial charge in [0, 0.05) is 31.6 Å². The molecule has 0 bridgehead atoms. The summed E-state index contributed by atoms with van der Waals surface area (Å²) >= 11 is 0. The van der Waals surface area contributed by atoms with E-state index in [2.05, 4.69) is 9.71 Å². The summed E-state index contributed by atoms with van der Waals surface area (Å²) in [5, 5.41) is 0. The topological polar surface area (TPSA) is 97.3 Å². The molecule has 0 unspecified atom stereocenters. The quantitative estimate of drug-likeness (QED) is 0.561. The van der Waals surface area contributed by atoms with Crippen molar-refractivity contribution < 1.29 is 22.7 Å². The summed E-state index contributed by atoms with van der Waals surface area (Å²) in [4.78, 5) is 18.3. The van der Waals surface area contributed by atoms with E-state index in [4.69, 9.17) is 9.47 Å². The van der Waals surface area contributed by atoms with E-state index in [0.29, 0.717) is 37.6 Å². The molecule has 2 aliphatic rings. The molecule has 0 amide bonds. The van der Waals surface area contributed by atoms with Gasteiger partial charge in [0.15, 0.2) is 0 Å². The van der Waals surface area contributed by atoms with Crippen LogP contribution in [0.25, 0.3) is 0 Å². The minimum absolute atomic E-state index is 0.241. The van der Waals surface area contributed by atoms with E-state index in [-0.39, 0.29) is 24.0 Å². The first-order chi connectivity index (χ1) is 12.1. The molecule has 0 saturated carbocycles. The third kappa shape index (κ3) is 4.56. The maximum absolute atomic E-state index is 12.0. The van der Waals surface area contributed by atoms with Gasteiger partial charge in [-0.1, -0.05) is 12.1 Å². The Bertz CT molecular complexity index is 757. The average Bonchev–Trinajstić information content (AvgIpc) is 2.87. The van der Waals surface area contributed by atoms with E-state index in [1.807, 2.05) is 4.90 Å². The first-order valence-electron chi connectivity index (χ1n) is 8.19. The first-order valence-corrected chi connectivity index (χ1v) is 9.67. The van der Waals surface area contributed by atoms with E-state index in [0.717, 1.165) is 13.1 Å². The number of esters is 1. The van der Waals surface area contributed by atoms with Crippen molar-refractivity contribution in [1.29, 1.82) is 0 Å². The molecule has 1 N–H and O–H groups in total. The van der Waals surface area contributed by atoms with Crippen LogP contribution in [-0.4, -0.2) is 71.1 Å². The molecular formula is C16H21N3O5S. The number of hydrogen-bond donors (Lipinski definition) is 1. The van der Waals surface area contributed by atoms with Gasteiger partial charge in [-0.3, -0.25) is 19.4 Å². The smallest absolute Gasteiger partial charge is 0.320 e. The molecule has 1 aromatic rings. The fourth-order valence-corrected chi connectivity index (χ4v) is 3.93. The number of benzene rings is 1. The van der Waals surface area contributed by atoms with Gasteiger partial charge in [-0.2, -0.15) is 0 Å². The Balaban J connectivity index is 1.43. The Kier molecular flexibility index (Phi) is 5.67. The number of nitrogens with one attached hydrogen (secondary N) is 1. The Morgan fingerprint density at radius 3 is 2.84 bits per heavy atom. The molecule has 3 rings (SSSR count). The molecule has 25 heavy (non-hydrogen) atoms. The van der Waals surface area contributed by atoms with Crippen LogP contribution < -0.4 is 4.72 Å². The van der Waals surface area contributed by atoms with Crippen molar-refractivity contribution in [1.82, 2.24) is 9.62 Å². The van der Waals surface area contributed by atoms with Crippen LogP contribution in [0.5, 0.6) is 0 Å². The lowest BCUT2D eigenvalue weighted by Gasteiger charge is -2.25. The number of nitrogens with zero attached hydrogens (tertiary/aromatic N) is 2. The molecule has 0 spiro atoms. The molecule has 136 valence electrons. The maximum Gasteiger partial charge on any atom is 0.320 e. The van der Waals surface area contributed by atoms with Crippen LogP contribution >= 0.6 is 0 Å². The highest BCUT2D eigenvalue weighted by Gasteiger charge is 2.29. The molecule has 1 fully saturated rings. The Hall–Kier alpha value is -1.97. The number of morpholine rings is 1. The highest BCUT2D eigenvalue weighted by atomic mass is 32.2. The molecule has 1 saturated heterocycles. The minimum atomic E-state index is -3.51. The number of amidine groups is 1. The molecule has 2 aliphatic heterocycles. The van der Waals surface area contributed by atoms with E-state index in [1.165, 1.54) is 0 Å². The normalized spacial score (nSPS) is 20.9. The number of carbonyl (C=O) groups is 1. The van der Waals surface area contributed by atoms with Gasteiger partial charge in [-0.25, -0.2) is 8.42 Å². The van der Waals surface area contributed by atoms with Crippen molar-refractivity contribution >= 4 is 21.8 Å². The zero-order valence-corrected chi connectivity index (χ0v) is 14.6. The summed E-state index contributed by atoms with van der Waals surface area (Å²) in [6.45, 7) is 3.66. The van der Waals surface area contributed by atoms with Crippen molar-refractivity contribution in [2.45, 2.75) is 11.3 Å². The standard InChI is InChI=1S/C16H21N3O5S/c20-15(12-19-7-10-23-11-8-19)24-9-3-6-17-16-13-4-1-2-5-14(13)25(21,22)18-16/h1-2,4-5H,3,6-12H2,(H,17,18). The Morgan fingerprint density at radius 1 is 1.28 bits per heavy atom. The van der Waals surface area contributed by atoms with Crippen molar-refractivity contribution in [2.75, 3.05) is 46.0 Å². The summed E-state index contributed by atoms with van der Waals surface area (Å²) in [6, 6.07) is 6.71. The second kappa shape index (κ2) is 7.94. The first kappa shape index (κ1) is 17.8. The molecule has 8 nitrogen and oxygen atoms in total. The molecular weight excluding hydrogens is 346 g/mol. The summed E-state index contributed by atoms with van der Waals surface area (Å²) in [6.07, 6.45) is 0.530. The van der Waals surface area contributed by atoms with E-state index in [1.54, 1.807) is 24.3 Å². The van der Waals surface area contributed by atoms with E-state index in [9.17, 15) is 13.2 Å². The van der Waals surface area contributed by atoms with Crippen LogP contribution in [0.3, 0.4) is 0 Å². The fourth-order valence-electron chi connectivity index (χ4n) is 2.68. The molecule has 0 aliphatic carbocycles. The largest absolute Gasteiger partial charge is 0.465 e. The number of aliphatic imine (C=N–C) groups is 1. The van der Waals surface area contributed by atoms with E-state index < -0.39 is 10.0 Å². The van der Waals surface area contributed by atoms with Crippen LogP contribution in [0.15, 0.2) is 34.2 Å². The van der Waals surface area contributed by atoms with Crippen molar-refractivity contribution in [3.63, 3.8) is 0 Å². The maximum atomic E-state index is 12.0. The summed E-state index contributed by atoms with van der Waals surface area (Å²) in [7, 11) is -3.51. The fraction of sp³-hybridized carbons (Fsp3) is 0.500. The summed E-state index contributed by atoms with van der Waals surface area (Å²) in [5.41, 5.74) is 0.576. The zero-order valence-electron chi connectivity index (χ0n) is 13.8. The second-order valence-corrected chi connectivity index (χ2v) is 7.45. The highest BCUT2D eigenvalue weighted by Crippen LogP contribution is 2.22. The lowest BCUT2D eigenvalue weighted by Crippen LogP contribution is -2.40. The van der Waals surface area contributed by atoms with Gasteiger partial charge < -0.3 is 9.47 Å². The third-order valence-corrected chi connectivity index (χ3v) is 5.35.